The zero-order chi connectivity index (χ0) is 18.4. The second-order valence-corrected chi connectivity index (χ2v) is 6.92. The Morgan fingerprint density at radius 1 is 1.24 bits per heavy atom. The van der Waals surface area contributed by atoms with Gasteiger partial charge in [0.2, 0.25) is 0 Å². The van der Waals surface area contributed by atoms with Gasteiger partial charge in [0.1, 0.15) is 5.75 Å². The lowest BCUT2D eigenvalue weighted by Crippen LogP contribution is -2.34. The number of rotatable bonds is 5. The van der Waals surface area contributed by atoms with E-state index in [-0.39, 0.29) is 11.0 Å². The summed E-state index contributed by atoms with van der Waals surface area (Å²) in [7, 11) is 0. The molecule has 0 saturated carbocycles. The quantitative estimate of drug-likeness (QED) is 0.735. The Morgan fingerprint density at radius 3 is 2.68 bits per heavy atom. The van der Waals surface area contributed by atoms with Gasteiger partial charge in [-0.25, -0.2) is 0 Å². The predicted octanol–water partition coefficient (Wildman–Crippen LogP) is 4.81. The van der Waals surface area contributed by atoms with Gasteiger partial charge in [-0.1, -0.05) is 37.6 Å². The highest BCUT2D eigenvalue weighted by molar-refractivity contribution is 7.80. The summed E-state index contributed by atoms with van der Waals surface area (Å²) in [6.45, 7) is 6.65. The van der Waals surface area contributed by atoms with E-state index >= 15 is 0 Å². The minimum Gasteiger partial charge on any atom is -0.493 e. The molecule has 25 heavy (non-hydrogen) atoms. The van der Waals surface area contributed by atoms with Crippen molar-refractivity contribution in [2.45, 2.75) is 20.8 Å². The minimum absolute atomic E-state index is 0.207. The number of carbonyl (C=O) groups excluding carboxylic acids is 1. The molecule has 1 amide bonds. The summed E-state index contributed by atoms with van der Waals surface area (Å²) in [5.41, 5.74) is 2.17. The molecule has 4 nitrogen and oxygen atoms in total. The maximum Gasteiger partial charge on any atom is 0.257 e. The van der Waals surface area contributed by atoms with Crippen LogP contribution in [0.1, 0.15) is 29.8 Å². The van der Waals surface area contributed by atoms with Gasteiger partial charge in [0, 0.05) is 16.3 Å². The average molecular weight is 377 g/mol. The van der Waals surface area contributed by atoms with E-state index in [1.165, 1.54) is 0 Å². The van der Waals surface area contributed by atoms with Gasteiger partial charge < -0.3 is 10.1 Å². The number of hydrogen-bond acceptors (Lipinski definition) is 3. The van der Waals surface area contributed by atoms with Gasteiger partial charge in [-0.05, 0) is 61.0 Å². The van der Waals surface area contributed by atoms with Crippen molar-refractivity contribution in [1.29, 1.82) is 0 Å². The average Bonchev–Trinajstić information content (AvgIpc) is 2.56. The summed E-state index contributed by atoms with van der Waals surface area (Å²) in [6.07, 6.45) is 0. The summed E-state index contributed by atoms with van der Waals surface area (Å²) in [5.74, 6) is 0.770. The topological polar surface area (TPSA) is 50.4 Å². The largest absolute Gasteiger partial charge is 0.493 e. The van der Waals surface area contributed by atoms with Gasteiger partial charge in [-0.15, -0.1) is 0 Å². The standard InChI is InChI=1S/C19H21ClN2O2S/c1-12(2)11-24-16-6-4-5-14(9-16)18(23)22-19(25)21-15-8-7-13(3)17(20)10-15/h4-10,12H,11H2,1-3H3,(H2,21,22,23,25). The Labute approximate surface area is 158 Å². The van der Waals surface area contributed by atoms with Crippen LogP contribution in [0.3, 0.4) is 0 Å². The Hall–Kier alpha value is -2.11. The van der Waals surface area contributed by atoms with Crippen LogP contribution >= 0.6 is 23.8 Å². The summed E-state index contributed by atoms with van der Waals surface area (Å²) < 4.78 is 5.64. The molecular formula is C19H21ClN2O2S. The van der Waals surface area contributed by atoms with Crippen molar-refractivity contribution in [1.82, 2.24) is 5.32 Å². The smallest absolute Gasteiger partial charge is 0.257 e. The lowest BCUT2D eigenvalue weighted by molar-refractivity contribution is 0.0977. The number of thiocarbonyl (C=S) groups is 1. The van der Waals surface area contributed by atoms with E-state index in [1.54, 1.807) is 24.3 Å². The molecule has 0 aliphatic carbocycles. The molecule has 2 aromatic rings. The first kappa shape index (κ1) is 19.2. The molecule has 0 unspecified atom stereocenters. The number of benzene rings is 2. The minimum atomic E-state index is -0.300. The van der Waals surface area contributed by atoms with Gasteiger partial charge in [-0.3, -0.25) is 10.1 Å². The first-order valence-electron chi connectivity index (χ1n) is 7.96. The number of amides is 1. The number of ether oxygens (including phenoxy) is 1. The number of nitrogens with one attached hydrogen (secondary N) is 2. The fourth-order valence-corrected chi connectivity index (χ4v) is 2.39. The van der Waals surface area contributed by atoms with Crippen molar-refractivity contribution in [3.8, 4) is 5.75 Å². The van der Waals surface area contributed by atoms with Crippen molar-refractivity contribution in [3.05, 3.63) is 58.6 Å². The first-order chi connectivity index (χ1) is 11.8. The van der Waals surface area contributed by atoms with Gasteiger partial charge in [0.15, 0.2) is 5.11 Å². The summed E-state index contributed by atoms with van der Waals surface area (Å²) in [5, 5.41) is 6.44. The summed E-state index contributed by atoms with van der Waals surface area (Å²) in [4.78, 5) is 12.3. The number of hydrogen-bond donors (Lipinski definition) is 2. The fraction of sp³-hybridized carbons (Fsp3) is 0.263. The van der Waals surface area contributed by atoms with Crippen LogP contribution in [0.4, 0.5) is 5.69 Å². The SMILES string of the molecule is Cc1ccc(NC(=S)NC(=O)c2cccc(OCC(C)C)c2)cc1Cl. The van der Waals surface area contributed by atoms with Gasteiger partial charge in [-0.2, -0.15) is 0 Å². The summed E-state index contributed by atoms with van der Waals surface area (Å²) in [6, 6.07) is 12.5. The van der Waals surface area contributed by atoms with E-state index in [2.05, 4.69) is 24.5 Å². The molecule has 0 heterocycles. The Morgan fingerprint density at radius 2 is 2.00 bits per heavy atom. The molecule has 0 saturated heterocycles. The molecule has 0 fully saturated rings. The van der Waals surface area contributed by atoms with E-state index in [0.717, 1.165) is 11.3 Å². The van der Waals surface area contributed by atoms with Crippen molar-refractivity contribution >= 4 is 40.5 Å². The Bertz CT molecular complexity index is 778. The van der Waals surface area contributed by atoms with Crippen molar-refractivity contribution in [3.63, 3.8) is 0 Å². The van der Waals surface area contributed by atoms with E-state index in [0.29, 0.717) is 28.9 Å². The number of aryl methyl sites for hydroxylation is 1. The molecule has 6 heteroatoms. The van der Waals surface area contributed by atoms with Crippen molar-refractivity contribution in [2.75, 3.05) is 11.9 Å². The van der Waals surface area contributed by atoms with Crippen LogP contribution in [0.5, 0.6) is 5.75 Å². The van der Waals surface area contributed by atoms with Crippen LogP contribution in [0.15, 0.2) is 42.5 Å². The van der Waals surface area contributed by atoms with Crippen LogP contribution < -0.4 is 15.4 Å². The third-order valence-corrected chi connectivity index (χ3v) is 3.95. The maximum atomic E-state index is 12.3. The van der Waals surface area contributed by atoms with Crippen molar-refractivity contribution in [2.24, 2.45) is 5.92 Å². The molecule has 0 atom stereocenters. The zero-order valence-electron chi connectivity index (χ0n) is 14.4. The van der Waals surface area contributed by atoms with Gasteiger partial charge in [0.05, 0.1) is 6.61 Å². The lowest BCUT2D eigenvalue weighted by atomic mass is 10.2. The fourth-order valence-electron chi connectivity index (χ4n) is 2.00. The first-order valence-corrected chi connectivity index (χ1v) is 8.75. The van der Waals surface area contributed by atoms with Crippen LogP contribution in [0, 0.1) is 12.8 Å². The molecule has 2 rings (SSSR count). The van der Waals surface area contributed by atoms with Crippen LogP contribution in [-0.4, -0.2) is 17.6 Å². The molecule has 132 valence electrons. The normalized spacial score (nSPS) is 10.4. The Kier molecular flexibility index (Phi) is 6.79. The van der Waals surface area contributed by atoms with Crippen molar-refractivity contribution < 1.29 is 9.53 Å². The second-order valence-electron chi connectivity index (χ2n) is 6.10. The molecule has 0 aromatic heterocycles. The molecule has 2 aromatic carbocycles. The van der Waals surface area contributed by atoms with Crippen LogP contribution in [-0.2, 0) is 0 Å². The molecular weight excluding hydrogens is 356 g/mol. The van der Waals surface area contributed by atoms with E-state index < -0.39 is 0 Å². The highest BCUT2D eigenvalue weighted by Gasteiger charge is 2.10. The van der Waals surface area contributed by atoms with Gasteiger partial charge >= 0.3 is 0 Å². The monoisotopic (exact) mass is 376 g/mol. The number of halogens is 1. The van der Waals surface area contributed by atoms with Crippen LogP contribution in [0.25, 0.3) is 0 Å². The molecule has 0 bridgehead atoms. The van der Waals surface area contributed by atoms with E-state index in [1.807, 2.05) is 25.1 Å². The molecule has 0 spiro atoms. The third kappa shape index (κ3) is 6.03. The molecule has 0 radical (unpaired) electrons. The Balaban J connectivity index is 1.97. The predicted molar refractivity (Wildman–Crippen MR) is 107 cm³/mol. The molecule has 0 aliphatic rings. The second kappa shape index (κ2) is 8.83. The maximum absolute atomic E-state index is 12.3. The number of anilines is 1. The van der Waals surface area contributed by atoms with Gasteiger partial charge in [0.25, 0.3) is 5.91 Å². The summed E-state index contributed by atoms with van der Waals surface area (Å²) >= 11 is 11.3. The molecule has 2 N–H and O–H groups in total. The zero-order valence-corrected chi connectivity index (χ0v) is 16.0. The van der Waals surface area contributed by atoms with E-state index in [9.17, 15) is 4.79 Å². The third-order valence-electron chi connectivity index (χ3n) is 3.34. The van der Waals surface area contributed by atoms with E-state index in [4.69, 9.17) is 28.6 Å². The highest BCUT2D eigenvalue weighted by Crippen LogP contribution is 2.20. The highest BCUT2D eigenvalue weighted by atomic mass is 35.5. The number of carbonyl (C=O) groups is 1. The van der Waals surface area contributed by atoms with Crippen LogP contribution in [0.2, 0.25) is 5.02 Å². The molecule has 0 aliphatic heterocycles. The lowest BCUT2D eigenvalue weighted by Gasteiger charge is -2.12.